The average Bonchev–Trinajstić information content (AvgIpc) is 2.99. The van der Waals surface area contributed by atoms with Crippen LogP contribution in [0.3, 0.4) is 0 Å². The molecule has 3 rings (SSSR count). The highest BCUT2D eigenvalue weighted by Gasteiger charge is 2.27. The fourth-order valence-electron chi connectivity index (χ4n) is 2.94. The van der Waals surface area contributed by atoms with Gasteiger partial charge in [-0.1, -0.05) is 18.2 Å². The Hall–Kier alpha value is -2.96. The lowest BCUT2D eigenvalue weighted by atomic mass is 10.0. The van der Waals surface area contributed by atoms with Crippen LogP contribution in [0.25, 0.3) is 10.9 Å². The van der Waals surface area contributed by atoms with E-state index < -0.39 is 24.0 Å². The van der Waals surface area contributed by atoms with Crippen LogP contribution in [0.15, 0.2) is 24.3 Å². The second-order valence-corrected chi connectivity index (χ2v) is 5.68. The van der Waals surface area contributed by atoms with Crippen LogP contribution < -0.4 is 11.1 Å². The lowest BCUT2D eigenvalue weighted by molar-refractivity contribution is -0.127. The number of primary amides is 1. The summed E-state index contributed by atoms with van der Waals surface area (Å²) in [5, 5.41) is 2.60. The highest BCUT2D eigenvalue weighted by atomic mass is 16.5. The molecule has 0 bridgehead atoms. The molecule has 1 aliphatic carbocycles. The monoisotopic (exact) mass is 327 g/mol. The van der Waals surface area contributed by atoms with E-state index in [-0.39, 0.29) is 0 Å². The average molecular weight is 327 g/mol. The number of amides is 3. The van der Waals surface area contributed by atoms with Crippen LogP contribution in [0.5, 0.6) is 0 Å². The Morgan fingerprint density at radius 1 is 1.25 bits per heavy atom. The maximum atomic E-state index is 12.7. The minimum atomic E-state index is -1.13. The van der Waals surface area contributed by atoms with Gasteiger partial charge >= 0.3 is 12.0 Å². The molecule has 0 aliphatic heterocycles. The summed E-state index contributed by atoms with van der Waals surface area (Å²) in [7, 11) is 0. The van der Waals surface area contributed by atoms with Gasteiger partial charge in [0.05, 0.1) is 11.1 Å². The zero-order valence-electron chi connectivity index (χ0n) is 13.2. The largest absolute Gasteiger partial charge is 0.449 e. The Kier molecular flexibility index (Phi) is 4.16. The van der Waals surface area contributed by atoms with Crippen molar-refractivity contribution < 1.29 is 19.1 Å². The van der Waals surface area contributed by atoms with Gasteiger partial charge in [0.2, 0.25) is 0 Å². The lowest BCUT2D eigenvalue weighted by Gasteiger charge is -2.15. The summed E-state index contributed by atoms with van der Waals surface area (Å²) < 4.78 is 5.25. The minimum Gasteiger partial charge on any atom is -0.449 e. The summed E-state index contributed by atoms with van der Waals surface area (Å²) in [5.74, 6) is -1.36. The van der Waals surface area contributed by atoms with Crippen molar-refractivity contribution in [3.8, 4) is 0 Å². The second-order valence-electron chi connectivity index (χ2n) is 5.68. The highest BCUT2D eigenvalue weighted by Crippen LogP contribution is 2.30. The first-order valence-corrected chi connectivity index (χ1v) is 7.69. The number of aromatic nitrogens is 1. The molecule has 1 aliphatic rings. The van der Waals surface area contributed by atoms with Gasteiger partial charge in [0.1, 0.15) is 0 Å². The van der Waals surface area contributed by atoms with Crippen molar-refractivity contribution in [1.82, 2.24) is 10.3 Å². The van der Waals surface area contributed by atoms with Gasteiger partial charge in [0.25, 0.3) is 5.91 Å². The topological polar surface area (TPSA) is 111 Å². The number of para-hydroxylation sites is 1. The Morgan fingerprint density at radius 3 is 2.75 bits per heavy atom. The van der Waals surface area contributed by atoms with Gasteiger partial charge < -0.3 is 10.5 Å². The molecular formula is C17H17N3O4. The standard InChI is InChI=1S/C17H17N3O4/c1-9(15(21)20-17(18)23)24-16(22)14-10-5-2-3-7-12(10)19-13-8-4-6-11(13)14/h2-3,5,7,9H,4,6,8H2,1H3,(H3,18,20,21,23). The zero-order chi connectivity index (χ0) is 17.3. The van der Waals surface area contributed by atoms with E-state index in [2.05, 4.69) is 4.98 Å². The molecule has 0 radical (unpaired) electrons. The molecule has 24 heavy (non-hydrogen) atoms. The number of fused-ring (bicyclic) bond motifs is 2. The van der Waals surface area contributed by atoms with Crippen LogP contribution in [0, 0.1) is 0 Å². The van der Waals surface area contributed by atoms with Gasteiger partial charge in [0, 0.05) is 11.1 Å². The number of pyridine rings is 1. The number of imide groups is 1. The molecule has 1 aromatic heterocycles. The first-order chi connectivity index (χ1) is 11.5. The van der Waals surface area contributed by atoms with Crippen LogP contribution in [-0.2, 0) is 22.4 Å². The fraction of sp³-hybridized carbons (Fsp3) is 0.294. The number of nitrogens with two attached hydrogens (primary N) is 1. The van der Waals surface area contributed by atoms with Crippen LogP contribution in [-0.4, -0.2) is 29.0 Å². The first kappa shape index (κ1) is 15.9. The summed E-state index contributed by atoms with van der Waals surface area (Å²) in [5.41, 5.74) is 7.85. The number of esters is 1. The molecule has 1 atom stereocenters. The predicted octanol–water partition coefficient (Wildman–Crippen LogP) is 1.46. The van der Waals surface area contributed by atoms with E-state index in [9.17, 15) is 14.4 Å². The van der Waals surface area contributed by atoms with E-state index in [0.717, 1.165) is 36.0 Å². The molecule has 0 saturated heterocycles. The van der Waals surface area contributed by atoms with Crippen LogP contribution >= 0.6 is 0 Å². The Bertz CT molecular complexity index is 847. The van der Waals surface area contributed by atoms with Gasteiger partial charge in [0.15, 0.2) is 6.10 Å². The summed E-state index contributed by atoms with van der Waals surface area (Å²) in [6.45, 7) is 1.39. The summed E-state index contributed by atoms with van der Waals surface area (Å²) in [4.78, 5) is 39.7. The molecule has 1 aromatic carbocycles. The van der Waals surface area contributed by atoms with Crippen LogP contribution in [0.1, 0.15) is 35.0 Å². The molecule has 0 saturated carbocycles. The quantitative estimate of drug-likeness (QED) is 0.829. The fourth-order valence-corrected chi connectivity index (χ4v) is 2.94. The van der Waals surface area contributed by atoms with Gasteiger partial charge in [-0.3, -0.25) is 15.1 Å². The zero-order valence-corrected chi connectivity index (χ0v) is 13.2. The Labute approximate surface area is 138 Å². The van der Waals surface area contributed by atoms with Crippen molar-refractivity contribution in [3.63, 3.8) is 0 Å². The third-order valence-electron chi connectivity index (χ3n) is 4.02. The number of ether oxygens (including phenoxy) is 1. The third kappa shape index (κ3) is 2.92. The molecular weight excluding hydrogens is 310 g/mol. The molecule has 0 fully saturated rings. The predicted molar refractivity (Wildman–Crippen MR) is 86.4 cm³/mol. The van der Waals surface area contributed by atoms with Gasteiger partial charge in [-0.25, -0.2) is 9.59 Å². The van der Waals surface area contributed by atoms with Crippen molar-refractivity contribution in [2.45, 2.75) is 32.3 Å². The van der Waals surface area contributed by atoms with Gasteiger partial charge in [-0.15, -0.1) is 0 Å². The Balaban J connectivity index is 1.95. The number of nitrogens with zero attached hydrogens (tertiary/aromatic N) is 1. The molecule has 3 amide bonds. The first-order valence-electron chi connectivity index (χ1n) is 7.69. The molecule has 1 unspecified atom stereocenters. The maximum Gasteiger partial charge on any atom is 0.339 e. The van der Waals surface area contributed by atoms with E-state index >= 15 is 0 Å². The molecule has 7 heteroatoms. The maximum absolute atomic E-state index is 12.7. The van der Waals surface area contributed by atoms with Crippen molar-refractivity contribution in [2.24, 2.45) is 5.73 Å². The molecule has 7 nitrogen and oxygen atoms in total. The number of aryl methyl sites for hydroxylation is 1. The third-order valence-corrected chi connectivity index (χ3v) is 4.02. The summed E-state index contributed by atoms with van der Waals surface area (Å²) in [6.07, 6.45) is 1.36. The van der Waals surface area contributed by atoms with E-state index in [1.807, 2.05) is 29.6 Å². The van der Waals surface area contributed by atoms with E-state index in [1.54, 1.807) is 0 Å². The van der Waals surface area contributed by atoms with E-state index in [4.69, 9.17) is 10.5 Å². The normalized spacial score (nSPS) is 14.0. The summed E-state index contributed by atoms with van der Waals surface area (Å²) >= 11 is 0. The molecule has 0 spiro atoms. The molecule has 3 N–H and O–H groups in total. The van der Waals surface area contributed by atoms with Crippen molar-refractivity contribution in [2.75, 3.05) is 0 Å². The molecule has 1 heterocycles. The smallest absolute Gasteiger partial charge is 0.339 e. The van der Waals surface area contributed by atoms with Crippen LogP contribution in [0.4, 0.5) is 4.79 Å². The van der Waals surface area contributed by atoms with Crippen molar-refractivity contribution >= 4 is 28.8 Å². The molecule has 2 aromatic rings. The number of carbonyl (C=O) groups excluding carboxylic acids is 3. The number of urea groups is 1. The van der Waals surface area contributed by atoms with E-state index in [1.165, 1.54) is 6.92 Å². The van der Waals surface area contributed by atoms with Gasteiger partial charge in [-0.05, 0) is 37.8 Å². The number of carbonyl (C=O) groups is 3. The van der Waals surface area contributed by atoms with Gasteiger partial charge in [-0.2, -0.15) is 0 Å². The lowest BCUT2D eigenvalue weighted by Crippen LogP contribution is -2.42. The number of nitrogens with one attached hydrogen (secondary N) is 1. The second kappa shape index (κ2) is 6.27. The number of rotatable bonds is 3. The minimum absolute atomic E-state index is 0.451. The SMILES string of the molecule is CC(OC(=O)c1c2c(nc3ccccc13)CCC2)C(=O)NC(N)=O. The summed E-state index contributed by atoms with van der Waals surface area (Å²) in [6, 6.07) is 6.35. The van der Waals surface area contributed by atoms with Crippen molar-refractivity contribution in [3.05, 3.63) is 41.1 Å². The highest BCUT2D eigenvalue weighted by molar-refractivity contribution is 6.06. The number of benzene rings is 1. The van der Waals surface area contributed by atoms with E-state index in [0.29, 0.717) is 10.9 Å². The Morgan fingerprint density at radius 2 is 2.00 bits per heavy atom. The number of hydrogen-bond donors (Lipinski definition) is 2. The number of hydrogen-bond acceptors (Lipinski definition) is 5. The van der Waals surface area contributed by atoms with Crippen LogP contribution in [0.2, 0.25) is 0 Å². The van der Waals surface area contributed by atoms with Crippen molar-refractivity contribution in [1.29, 1.82) is 0 Å². The molecule has 124 valence electrons.